The molecule has 0 saturated carbocycles. The third-order valence-corrected chi connectivity index (χ3v) is 9.33. The number of nitrogens with zero attached hydrogens (tertiary/aromatic N) is 2. The van der Waals surface area contributed by atoms with E-state index >= 15 is 0 Å². The molecular formula is C21H21ClF3N3O6S2. The fourth-order valence-corrected chi connectivity index (χ4v) is 7.90. The Labute approximate surface area is 210 Å². The summed E-state index contributed by atoms with van der Waals surface area (Å²) in [5, 5.41) is 1.84. The Morgan fingerprint density at radius 2 is 1.75 bits per heavy atom. The number of nitrogens with one attached hydrogen (secondary N) is 1. The second kappa shape index (κ2) is 8.99. The highest BCUT2D eigenvalue weighted by molar-refractivity contribution is 8.09. The number of halogens is 4. The second-order valence-corrected chi connectivity index (χ2v) is 12.8. The molecule has 1 amide bonds. The standard InChI is InChI=1S/C21H21ClF3N3O6S2/c1-35(30,31)28(36(2,32)33)15-11-18-16(10-13(15)22)27-9-5-7-14(26-20(29)21(23,24)25)19(27)12-6-3-4-8-17(12)34-18/h3-4,6,8,10-11,14,19H,5,7,9H2,1-2H3,(H,26,29)/t14-,19-/m1/s1. The number of para-hydroxylation sites is 1. The van der Waals surface area contributed by atoms with E-state index in [1.165, 1.54) is 6.07 Å². The maximum atomic E-state index is 13.0. The predicted octanol–water partition coefficient (Wildman–Crippen LogP) is 3.56. The van der Waals surface area contributed by atoms with Crippen LogP contribution < -0.4 is 18.7 Å². The maximum absolute atomic E-state index is 13.0. The molecule has 15 heteroatoms. The van der Waals surface area contributed by atoms with E-state index in [4.69, 9.17) is 16.3 Å². The van der Waals surface area contributed by atoms with Crippen molar-refractivity contribution in [3.8, 4) is 11.5 Å². The number of carbonyl (C=O) groups excluding carboxylic acids is 1. The van der Waals surface area contributed by atoms with Crippen LogP contribution in [0.1, 0.15) is 24.4 Å². The number of anilines is 2. The van der Waals surface area contributed by atoms with E-state index in [1.54, 1.807) is 29.2 Å². The van der Waals surface area contributed by atoms with Gasteiger partial charge in [0.2, 0.25) is 20.0 Å². The molecule has 0 spiro atoms. The van der Waals surface area contributed by atoms with Gasteiger partial charge < -0.3 is 15.0 Å². The molecule has 0 unspecified atom stereocenters. The third-order valence-electron chi connectivity index (χ3n) is 5.80. The van der Waals surface area contributed by atoms with Gasteiger partial charge in [-0.25, -0.2) is 16.8 Å². The van der Waals surface area contributed by atoms with Gasteiger partial charge in [0.1, 0.15) is 5.75 Å². The van der Waals surface area contributed by atoms with E-state index in [2.05, 4.69) is 5.32 Å². The number of carbonyl (C=O) groups is 1. The lowest BCUT2D eigenvalue weighted by Crippen LogP contribution is -2.52. The average Bonchev–Trinajstić information content (AvgIpc) is 2.86. The fraction of sp³-hybridized carbons (Fsp3) is 0.381. The van der Waals surface area contributed by atoms with Gasteiger partial charge in [-0.15, -0.1) is 0 Å². The normalized spacial score (nSPS) is 19.8. The minimum absolute atomic E-state index is 0.0458. The fourth-order valence-electron chi connectivity index (χ4n) is 4.57. The van der Waals surface area contributed by atoms with Gasteiger partial charge in [0.15, 0.2) is 5.75 Å². The van der Waals surface area contributed by atoms with Crippen molar-refractivity contribution in [2.24, 2.45) is 0 Å². The zero-order valence-electron chi connectivity index (χ0n) is 18.9. The molecule has 2 aromatic rings. The van der Waals surface area contributed by atoms with Crippen molar-refractivity contribution in [2.45, 2.75) is 31.1 Å². The van der Waals surface area contributed by atoms with Crippen LogP contribution in [-0.2, 0) is 24.8 Å². The number of amides is 1. The smallest absolute Gasteiger partial charge is 0.455 e. The van der Waals surface area contributed by atoms with Gasteiger partial charge >= 0.3 is 12.1 Å². The van der Waals surface area contributed by atoms with Gasteiger partial charge in [-0.3, -0.25) is 4.79 Å². The first-order valence-corrected chi connectivity index (χ1v) is 14.6. The monoisotopic (exact) mass is 567 g/mol. The molecule has 1 fully saturated rings. The molecule has 196 valence electrons. The molecule has 2 atom stereocenters. The van der Waals surface area contributed by atoms with Gasteiger partial charge in [0, 0.05) is 18.2 Å². The highest BCUT2D eigenvalue weighted by Gasteiger charge is 2.45. The minimum Gasteiger partial charge on any atom is -0.455 e. The number of hydrogen-bond acceptors (Lipinski definition) is 7. The number of benzene rings is 2. The highest BCUT2D eigenvalue weighted by atomic mass is 35.5. The molecule has 0 radical (unpaired) electrons. The van der Waals surface area contributed by atoms with Crippen molar-refractivity contribution >= 4 is 48.9 Å². The van der Waals surface area contributed by atoms with Crippen LogP contribution in [0.4, 0.5) is 24.5 Å². The Bertz CT molecular complexity index is 1400. The Morgan fingerprint density at radius 3 is 2.36 bits per heavy atom. The molecule has 0 aromatic heterocycles. The van der Waals surface area contributed by atoms with E-state index in [1.807, 2.05) is 0 Å². The van der Waals surface area contributed by atoms with Crippen molar-refractivity contribution in [3.63, 3.8) is 0 Å². The van der Waals surface area contributed by atoms with Crippen LogP contribution in [0.3, 0.4) is 0 Å². The molecular weight excluding hydrogens is 547 g/mol. The minimum atomic E-state index is -5.07. The van der Waals surface area contributed by atoms with E-state index in [0.29, 0.717) is 36.7 Å². The SMILES string of the molecule is CS(=O)(=O)N(c1cc2c(cc1Cl)N1CCC[C@@H](NC(=O)C(F)(F)F)[C@H]1c1ccccc1O2)S(C)(=O)=O. The van der Waals surface area contributed by atoms with E-state index in [-0.39, 0.29) is 32.3 Å². The number of ether oxygens (including phenoxy) is 1. The Hall–Kier alpha value is -2.71. The first kappa shape index (κ1) is 26.4. The number of piperidine rings is 1. The predicted molar refractivity (Wildman–Crippen MR) is 127 cm³/mol. The molecule has 2 aliphatic rings. The van der Waals surface area contributed by atoms with Crippen molar-refractivity contribution < 1.29 is 39.5 Å². The molecule has 4 rings (SSSR count). The van der Waals surface area contributed by atoms with Crippen molar-refractivity contribution in [2.75, 3.05) is 27.7 Å². The molecule has 9 nitrogen and oxygen atoms in total. The number of alkyl halides is 3. The van der Waals surface area contributed by atoms with Gasteiger partial charge in [0.25, 0.3) is 0 Å². The molecule has 0 aliphatic carbocycles. The number of fused-ring (bicyclic) bond motifs is 5. The molecule has 1 N–H and O–H groups in total. The van der Waals surface area contributed by atoms with Crippen LogP contribution >= 0.6 is 11.6 Å². The topological polar surface area (TPSA) is 113 Å². The second-order valence-electron chi connectivity index (χ2n) is 8.49. The number of rotatable bonds is 4. The summed E-state index contributed by atoms with van der Waals surface area (Å²) in [7, 11) is -8.63. The quantitative estimate of drug-likeness (QED) is 0.601. The lowest BCUT2D eigenvalue weighted by atomic mass is 9.89. The van der Waals surface area contributed by atoms with Crippen molar-refractivity contribution in [3.05, 3.63) is 47.0 Å². The van der Waals surface area contributed by atoms with Gasteiger partial charge in [-0.05, 0) is 25.0 Å². The summed E-state index contributed by atoms with van der Waals surface area (Å²) in [6.07, 6.45) is -2.98. The van der Waals surface area contributed by atoms with Crippen LogP contribution in [0, 0.1) is 0 Å². The van der Waals surface area contributed by atoms with Gasteiger partial charge in [0.05, 0.1) is 41.0 Å². The van der Waals surface area contributed by atoms with Crippen molar-refractivity contribution in [1.29, 1.82) is 0 Å². The number of sulfonamides is 2. The van der Waals surface area contributed by atoms with E-state index < -0.39 is 44.2 Å². The van der Waals surface area contributed by atoms with Crippen LogP contribution in [0.2, 0.25) is 5.02 Å². The molecule has 0 bridgehead atoms. The Balaban J connectivity index is 1.90. The summed E-state index contributed by atoms with van der Waals surface area (Å²) < 4.78 is 94.6. The van der Waals surface area contributed by atoms with Gasteiger partial charge in [-0.2, -0.15) is 16.9 Å². The molecule has 2 aromatic carbocycles. The summed E-state index contributed by atoms with van der Waals surface area (Å²) in [5.74, 6) is -1.77. The van der Waals surface area contributed by atoms with Crippen LogP contribution in [0.25, 0.3) is 0 Å². The van der Waals surface area contributed by atoms with Gasteiger partial charge in [-0.1, -0.05) is 29.8 Å². The Morgan fingerprint density at radius 1 is 1.11 bits per heavy atom. The number of hydrogen-bond donors (Lipinski definition) is 1. The zero-order valence-corrected chi connectivity index (χ0v) is 21.3. The maximum Gasteiger partial charge on any atom is 0.471 e. The van der Waals surface area contributed by atoms with E-state index in [0.717, 1.165) is 6.07 Å². The Kier molecular flexibility index (Phi) is 6.58. The van der Waals surface area contributed by atoms with Crippen molar-refractivity contribution in [1.82, 2.24) is 5.32 Å². The van der Waals surface area contributed by atoms with E-state index in [9.17, 15) is 34.8 Å². The summed E-state index contributed by atoms with van der Waals surface area (Å²) in [6.45, 7) is 0.352. The first-order valence-electron chi connectivity index (χ1n) is 10.5. The van der Waals surface area contributed by atoms with Crippen LogP contribution in [0.5, 0.6) is 11.5 Å². The first-order chi connectivity index (χ1) is 16.6. The molecule has 36 heavy (non-hydrogen) atoms. The highest BCUT2D eigenvalue weighted by Crippen LogP contribution is 2.50. The molecule has 2 aliphatic heterocycles. The van der Waals surface area contributed by atoms with Crippen LogP contribution in [0.15, 0.2) is 36.4 Å². The summed E-state index contributed by atoms with van der Waals surface area (Å²) in [4.78, 5) is 13.5. The zero-order chi connectivity index (χ0) is 26.6. The third kappa shape index (κ3) is 4.93. The average molecular weight is 568 g/mol. The lowest BCUT2D eigenvalue weighted by molar-refractivity contribution is -0.174. The van der Waals surface area contributed by atoms with Crippen LogP contribution in [-0.4, -0.2) is 54.0 Å². The lowest BCUT2D eigenvalue weighted by Gasteiger charge is -2.42. The molecule has 1 saturated heterocycles. The largest absolute Gasteiger partial charge is 0.471 e. The summed E-state index contributed by atoms with van der Waals surface area (Å²) in [5.41, 5.74) is 0.426. The summed E-state index contributed by atoms with van der Waals surface area (Å²) >= 11 is 6.37. The summed E-state index contributed by atoms with van der Waals surface area (Å²) in [6, 6.07) is 7.28. The molecule has 2 heterocycles.